The summed E-state index contributed by atoms with van der Waals surface area (Å²) in [5.74, 6) is -0.728. The lowest BCUT2D eigenvalue weighted by Gasteiger charge is -2.37. The van der Waals surface area contributed by atoms with Crippen LogP contribution in [0.5, 0.6) is 0 Å². The number of nitrogens with one attached hydrogen (secondary N) is 4. The number of hydrogen-bond acceptors (Lipinski definition) is 7. The maximum atomic E-state index is 13.6. The molecule has 4 rings (SSSR count). The van der Waals surface area contributed by atoms with E-state index in [9.17, 15) is 14.3 Å². The van der Waals surface area contributed by atoms with Gasteiger partial charge in [0.1, 0.15) is 22.6 Å². The van der Waals surface area contributed by atoms with E-state index in [1.807, 2.05) is 0 Å². The SMILES string of the molecule is CN=C(c1cnc2[nH]cc(C(=O)NCC3(O)CNC3)c2n1)c1ccc(F)cc1NC. The quantitative estimate of drug-likeness (QED) is 0.380. The lowest BCUT2D eigenvalue weighted by molar-refractivity contribution is -0.00758. The van der Waals surface area contributed by atoms with Crippen LogP contribution >= 0.6 is 0 Å². The van der Waals surface area contributed by atoms with E-state index in [4.69, 9.17) is 0 Å². The summed E-state index contributed by atoms with van der Waals surface area (Å²) >= 11 is 0. The predicted octanol–water partition coefficient (Wildman–Crippen LogP) is 0.670. The third kappa shape index (κ3) is 3.62. The van der Waals surface area contributed by atoms with Gasteiger partial charge in [0.2, 0.25) is 0 Å². The van der Waals surface area contributed by atoms with Crippen LogP contribution in [0.1, 0.15) is 21.6 Å². The van der Waals surface area contributed by atoms with Crippen LogP contribution in [0, 0.1) is 5.82 Å². The minimum Gasteiger partial charge on any atom is -0.387 e. The molecule has 1 aromatic carbocycles. The number of aromatic nitrogens is 3. The number of nitrogens with zero attached hydrogens (tertiary/aromatic N) is 3. The molecule has 5 N–H and O–H groups in total. The number of benzene rings is 1. The molecule has 3 aromatic rings. The third-order valence-electron chi connectivity index (χ3n) is 5.08. The summed E-state index contributed by atoms with van der Waals surface area (Å²) in [5.41, 5.74) is 2.42. The van der Waals surface area contributed by atoms with Gasteiger partial charge in [-0.1, -0.05) is 0 Å². The normalized spacial score (nSPS) is 15.7. The molecule has 3 heterocycles. The fraction of sp³-hybridized carbons (Fsp3) is 0.300. The molecule has 0 saturated carbocycles. The Balaban J connectivity index is 1.67. The number of fused-ring (bicyclic) bond motifs is 1. The minimum absolute atomic E-state index is 0.140. The van der Waals surface area contributed by atoms with E-state index in [0.717, 1.165) is 0 Å². The highest BCUT2D eigenvalue weighted by atomic mass is 19.1. The first-order valence-corrected chi connectivity index (χ1v) is 9.44. The topological polar surface area (TPSA) is 127 Å². The minimum atomic E-state index is -0.924. The number of aliphatic imine (C=N–C) groups is 1. The molecule has 9 nitrogen and oxygen atoms in total. The second-order valence-electron chi connectivity index (χ2n) is 7.18. The summed E-state index contributed by atoms with van der Waals surface area (Å²) in [4.78, 5) is 28.9. The largest absolute Gasteiger partial charge is 0.387 e. The molecule has 1 saturated heterocycles. The van der Waals surface area contributed by atoms with E-state index < -0.39 is 5.60 Å². The molecule has 2 aromatic heterocycles. The molecule has 1 fully saturated rings. The van der Waals surface area contributed by atoms with Gasteiger partial charge in [-0.05, 0) is 18.2 Å². The second kappa shape index (κ2) is 7.81. The van der Waals surface area contributed by atoms with Gasteiger partial charge in [0.25, 0.3) is 5.91 Å². The van der Waals surface area contributed by atoms with E-state index in [-0.39, 0.29) is 18.3 Å². The van der Waals surface area contributed by atoms with Crippen molar-refractivity contribution < 1.29 is 14.3 Å². The molecule has 156 valence electrons. The lowest BCUT2D eigenvalue weighted by atomic mass is 9.97. The van der Waals surface area contributed by atoms with Crippen molar-refractivity contribution in [2.45, 2.75) is 5.60 Å². The van der Waals surface area contributed by atoms with Crippen LogP contribution in [0.2, 0.25) is 0 Å². The smallest absolute Gasteiger partial charge is 0.255 e. The van der Waals surface area contributed by atoms with Gasteiger partial charge in [0, 0.05) is 51.2 Å². The molecule has 0 atom stereocenters. The molecule has 10 heteroatoms. The number of aromatic amines is 1. The zero-order valence-corrected chi connectivity index (χ0v) is 16.6. The van der Waals surface area contributed by atoms with Crippen molar-refractivity contribution in [1.29, 1.82) is 0 Å². The number of hydrogen-bond donors (Lipinski definition) is 5. The number of anilines is 1. The molecule has 0 unspecified atom stereocenters. The fourth-order valence-corrected chi connectivity index (χ4v) is 3.36. The maximum Gasteiger partial charge on any atom is 0.255 e. The van der Waals surface area contributed by atoms with Crippen molar-refractivity contribution >= 4 is 28.5 Å². The molecule has 1 aliphatic rings. The van der Waals surface area contributed by atoms with Crippen LogP contribution in [-0.2, 0) is 0 Å². The van der Waals surface area contributed by atoms with Gasteiger partial charge >= 0.3 is 0 Å². The van der Waals surface area contributed by atoms with Gasteiger partial charge in [-0.3, -0.25) is 9.79 Å². The number of H-pyrrole nitrogens is 1. The molecule has 0 aliphatic carbocycles. The van der Waals surface area contributed by atoms with E-state index in [2.05, 4.69) is 35.9 Å². The molecule has 0 radical (unpaired) electrons. The van der Waals surface area contributed by atoms with E-state index in [1.165, 1.54) is 18.3 Å². The Kier molecular flexibility index (Phi) is 5.18. The summed E-state index contributed by atoms with van der Waals surface area (Å²) in [5, 5.41) is 18.8. The number of amides is 1. The Morgan fingerprint density at radius 1 is 1.37 bits per heavy atom. The summed E-state index contributed by atoms with van der Waals surface area (Å²) < 4.78 is 13.6. The Bertz CT molecular complexity index is 1140. The van der Waals surface area contributed by atoms with E-state index in [1.54, 1.807) is 26.4 Å². The highest BCUT2D eigenvalue weighted by molar-refractivity contribution is 6.15. The zero-order chi connectivity index (χ0) is 21.3. The highest BCUT2D eigenvalue weighted by Crippen LogP contribution is 2.22. The summed E-state index contributed by atoms with van der Waals surface area (Å²) in [7, 11) is 3.31. The van der Waals surface area contributed by atoms with Crippen molar-refractivity contribution in [3.05, 3.63) is 53.2 Å². The van der Waals surface area contributed by atoms with Crippen molar-refractivity contribution in [2.75, 3.05) is 39.0 Å². The van der Waals surface area contributed by atoms with Gasteiger partial charge in [0.05, 0.1) is 17.5 Å². The van der Waals surface area contributed by atoms with Crippen LogP contribution in [0.4, 0.5) is 10.1 Å². The molecular weight excluding hydrogens is 389 g/mol. The summed E-state index contributed by atoms with van der Waals surface area (Å²) in [6, 6.07) is 4.34. The van der Waals surface area contributed by atoms with Crippen molar-refractivity contribution in [2.24, 2.45) is 4.99 Å². The Morgan fingerprint density at radius 3 is 2.83 bits per heavy atom. The molecular formula is C20H22FN7O2. The average molecular weight is 411 g/mol. The third-order valence-corrected chi connectivity index (χ3v) is 5.08. The number of aliphatic hydroxyl groups is 1. The van der Waals surface area contributed by atoms with Gasteiger partial charge in [-0.2, -0.15) is 0 Å². The molecule has 0 bridgehead atoms. The van der Waals surface area contributed by atoms with Crippen molar-refractivity contribution in [1.82, 2.24) is 25.6 Å². The average Bonchev–Trinajstić information content (AvgIpc) is 3.15. The van der Waals surface area contributed by atoms with Gasteiger partial charge in [-0.15, -0.1) is 0 Å². The fourth-order valence-electron chi connectivity index (χ4n) is 3.36. The lowest BCUT2D eigenvalue weighted by Crippen LogP contribution is -2.64. The van der Waals surface area contributed by atoms with Gasteiger partial charge in [0.15, 0.2) is 5.65 Å². The molecule has 1 aliphatic heterocycles. The predicted molar refractivity (Wildman–Crippen MR) is 112 cm³/mol. The summed E-state index contributed by atoms with van der Waals surface area (Å²) in [6.07, 6.45) is 3.08. The van der Waals surface area contributed by atoms with E-state index >= 15 is 0 Å². The van der Waals surface area contributed by atoms with Crippen LogP contribution < -0.4 is 16.0 Å². The zero-order valence-electron chi connectivity index (χ0n) is 16.6. The Labute approximate surface area is 171 Å². The highest BCUT2D eigenvalue weighted by Gasteiger charge is 2.34. The second-order valence-corrected chi connectivity index (χ2v) is 7.18. The molecule has 0 spiro atoms. The number of halogens is 1. The first-order valence-electron chi connectivity index (χ1n) is 9.44. The molecule has 30 heavy (non-hydrogen) atoms. The maximum absolute atomic E-state index is 13.6. The van der Waals surface area contributed by atoms with Crippen LogP contribution in [0.25, 0.3) is 11.2 Å². The van der Waals surface area contributed by atoms with E-state index in [0.29, 0.717) is 52.5 Å². The Morgan fingerprint density at radius 2 is 2.17 bits per heavy atom. The number of rotatable bonds is 6. The standard InChI is InChI=1S/C20H22FN7O2/c1-22-14-5-11(21)3-4-12(14)16(23-2)15-7-26-18-17(28-15)13(6-25-18)19(29)27-10-20(30)8-24-9-20/h3-7,22,24,30H,8-10H2,1-2H3,(H,25,26)(H,27,29). The Hall–Kier alpha value is -3.37. The van der Waals surface area contributed by atoms with Crippen LogP contribution in [0.3, 0.4) is 0 Å². The molecule has 1 amide bonds. The summed E-state index contributed by atoms with van der Waals surface area (Å²) in [6.45, 7) is 1.02. The number of carbonyl (C=O) groups excluding carboxylic acids is 1. The van der Waals surface area contributed by atoms with Gasteiger partial charge < -0.3 is 26.0 Å². The van der Waals surface area contributed by atoms with Crippen molar-refractivity contribution in [3.63, 3.8) is 0 Å². The monoisotopic (exact) mass is 411 g/mol. The van der Waals surface area contributed by atoms with Crippen LogP contribution in [-0.4, -0.2) is 71.0 Å². The number of β-amino-alcohol motifs (C(OH)–C–C–N with tert-alkyl or cyclic N) is 1. The van der Waals surface area contributed by atoms with Crippen molar-refractivity contribution in [3.8, 4) is 0 Å². The van der Waals surface area contributed by atoms with Gasteiger partial charge in [-0.25, -0.2) is 14.4 Å². The first-order chi connectivity index (χ1) is 14.4. The number of carbonyl (C=O) groups is 1. The first kappa shape index (κ1) is 19.9. The van der Waals surface area contributed by atoms with Crippen LogP contribution in [0.15, 0.2) is 35.6 Å².